The minimum atomic E-state index is 0.0646. The predicted octanol–water partition coefficient (Wildman–Crippen LogP) is 3.37. The molecule has 3 rings (SSSR count). The molecule has 2 aromatic rings. The normalized spacial score (nSPS) is 18.2. The third kappa shape index (κ3) is 2.39. The molecule has 3 nitrogen and oxygen atoms in total. The first-order valence-electron chi connectivity index (χ1n) is 6.90. The van der Waals surface area contributed by atoms with E-state index in [9.17, 15) is 9.90 Å². The van der Waals surface area contributed by atoms with Crippen LogP contribution in [0.15, 0.2) is 54.6 Å². The van der Waals surface area contributed by atoms with Crippen molar-refractivity contribution in [3.05, 3.63) is 65.7 Å². The van der Waals surface area contributed by atoms with Gasteiger partial charge in [-0.1, -0.05) is 30.3 Å². The molecule has 1 unspecified atom stereocenters. The molecule has 2 aromatic carbocycles. The van der Waals surface area contributed by atoms with E-state index < -0.39 is 0 Å². The number of rotatable bonds is 2. The molecule has 1 aliphatic rings. The van der Waals surface area contributed by atoms with Gasteiger partial charge in [0.05, 0.1) is 6.04 Å². The number of carbonyl (C=O) groups is 1. The van der Waals surface area contributed by atoms with Crippen LogP contribution in [0.4, 0.5) is 0 Å². The Balaban J connectivity index is 1.88. The summed E-state index contributed by atoms with van der Waals surface area (Å²) in [5.74, 6) is 0.318. The minimum absolute atomic E-state index is 0.0646. The maximum Gasteiger partial charge on any atom is 0.254 e. The van der Waals surface area contributed by atoms with E-state index in [1.807, 2.05) is 47.4 Å². The lowest BCUT2D eigenvalue weighted by Gasteiger charge is -2.25. The summed E-state index contributed by atoms with van der Waals surface area (Å²) in [4.78, 5) is 14.5. The van der Waals surface area contributed by atoms with Crippen LogP contribution in [0.1, 0.15) is 34.8 Å². The Kier molecular flexibility index (Phi) is 3.42. The van der Waals surface area contributed by atoms with E-state index in [4.69, 9.17) is 0 Å². The number of likely N-dealkylation sites (tertiary alicyclic amines) is 1. The summed E-state index contributed by atoms with van der Waals surface area (Å²) in [6, 6.07) is 16.6. The molecule has 1 atom stereocenters. The van der Waals surface area contributed by atoms with E-state index in [0.29, 0.717) is 0 Å². The van der Waals surface area contributed by atoms with Crippen LogP contribution in [0.2, 0.25) is 0 Å². The van der Waals surface area contributed by atoms with Gasteiger partial charge in [0.15, 0.2) is 0 Å². The molecule has 102 valence electrons. The van der Waals surface area contributed by atoms with Crippen LogP contribution in [0.5, 0.6) is 5.75 Å². The highest BCUT2D eigenvalue weighted by Crippen LogP contribution is 2.34. The Bertz CT molecular complexity index is 609. The van der Waals surface area contributed by atoms with Gasteiger partial charge in [-0.05, 0) is 42.7 Å². The smallest absolute Gasteiger partial charge is 0.254 e. The van der Waals surface area contributed by atoms with Crippen molar-refractivity contribution in [3.8, 4) is 5.75 Å². The van der Waals surface area contributed by atoms with Gasteiger partial charge in [0.25, 0.3) is 5.91 Å². The molecule has 1 amide bonds. The molecular weight excluding hydrogens is 250 g/mol. The van der Waals surface area contributed by atoms with E-state index in [-0.39, 0.29) is 17.7 Å². The van der Waals surface area contributed by atoms with Crippen molar-refractivity contribution in [2.45, 2.75) is 18.9 Å². The van der Waals surface area contributed by atoms with Crippen molar-refractivity contribution in [3.63, 3.8) is 0 Å². The van der Waals surface area contributed by atoms with Crippen LogP contribution < -0.4 is 0 Å². The first-order chi connectivity index (χ1) is 9.75. The van der Waals surface area contributed by atoms with Crippen molar-refractivity contribution in [2.75, 3.05) is 6.54 Å². The quantitative estimate of drug-likeness (QED) is 0.906. The van der Waals surface area contributed by atoms with Gasteiger partial charge < -0.3 is 10.0 Å². The summed E-state index contributed by atoms with van der Waals surface area (Å²) in [5, 5.41) is 9.61. The molecule has 1 saturated heterocycles. The molecule has 20 heavy (non-hydrogen) atoms. The highest BCUT2D eigenvalue weighted by molar-refractivity contribution is 5.94. The monoisotopic (exact) mass is 267 g/mol. The van der Waals surface area contributed by atoms with Crippen molar-refractivity contribution in [1.29, 1.82) is 0 Å². The van der Waals surface area contributed by atoms with Crippen LogP contribution in [-0.2, 0) is 0 Å². The van der Waals surface area contributed by atoms with Crippen LogP contribution in [0, 0.1) is 0 Å². The zero-order valence-electron chi connectivity index (χ0n) is 11.2. The lowest BCUT2D eigenvalue weighted by atomic mass is 10.0. The second-order valence-electron chi connectivity index (χ2n) is 5.12. The fourth-order valence-corrected chi connectivity index (χ4v) is 2.83. The average molecular weight is 267 g/mol. The van der Waals surface area contributed by atoms with Gasteiger partial charge in [-0.25, -0.2) is 0 Å². The Morgan fingerprint density at radius 3 is 2.65 bits per heavy atom. The van der Waals surface area contributed by atoms with E-state index in [0.717, 1.165) is 30.5 Å². The Labute approximate surface area is 118 Å². The number of amides is 1. The van der Waals surface area contributed by atoms with Gasteiger partial charge in [0, 0.05) is 12.1 Å². The number of phenolic OH excluding ortho intramolecular Hbond substituents is 1. The van der Waals surface area contributed by atoms with Crippen LogP contribution in [0.25, 0.3) is 0 Å². The van der Waals surface area contributed by atoms with Crippen LogP contribution in [0.3, 0.4) is 0 Å². The summed E-state index contributed by atoms with van der Waals surface area (Å²) >= 11 is 0. The number of benzene rings is 2. The van der Waals surface area contributed by atoms with E-state index in [2.05, 4.69) is 0 Å². The molecule has 0 bridgehead atoms. The van der Waals surface area contributed by atoms with Crippen molar-refractivity contribution in [2.24, 2.45) is 0 Å². The number of phenols is 1. The Morgan fingerprint density at radius 2 is 1.90 bits per heavy atom. The number of hydrogen-bond acceptors (Lipinski definition) is 2. The van der Waals surface area contributed by atoms with Crippen molar-refractivity contribution >= 4 is 5.91 Å². The van der Waals surface area contributed by atoms with Gasteiger partial charge in [0.1, 0.15) is 5.75 Å². The molecule has 1 heterocycles. The van der Waals surface area contributed by atoms with Gasteiger partial charge in [-0.15, -0.1) is 0 Å². The SMILES string of the molecule is O=C(c1ccccc1)N1CCCC1c1cccc(O)c1. The third-order valence-electron chi connectivity index (χ3n) is 3.79. The molecule has 0 spiro atoms. The van der Waals surface area contributed by atoms with Gasteiger partial charge >= 0.3 is 0 Å². The maximum absolute atomic E-state index is 12.6. The summed E-state index contributed by atoms with van der Waals surface area (Å²) in [5.41, 5.74) is 1.73. The molecule has 0 radical (unpaired) electrons. The second-order valence-corrected chi connectivity index (χ2v) is 5.12. The fourth-order valence-electron chi connectivity index (χ4n) is 2.83. The zero-order valence-corrected chi connectivity index (χ0v) is 11.2. The molecule has 1 N–H and O–H groups in total. The first kappa shape index (κ1) is 12.7. The molecule has 0 aliphatic carbocycles. The number of hydrogen-bond donors (Lipinski definition) is 1. The van der Waals surface area contributed by atoms with Gasteiger partial charge in [-0.3, -0.25) is 4.79 Å². The average Bonchev–Trinajstić information content (AvgIpc) is 2.97. The fraction of sp³-hybridized carbons (Fsp3) is 0.235. The Hall–Kier alpha value is -2.29. The lowest BCUT2D eigenvalue weighted by molar-refractivity contribution is 0.0735. The molecule has 0 saturated carbocycles. The highest BCUT2D eigenvalue weighted by atomic mass is 16.3. The predicted molar refractivity (Wildman–Crippen MR) is 77.6 cm³/mol. The Morgan fingerprint density at radius 1 is 1.10 bits per heavy atom. The summed E-state index contributed by atoms with van der Waals surface area (Å²) in [6.07, 6.45) is 1.95. The van der Waals surface area contributed by atoms with E-state index >= 15 is 0 Å². The van der Waals surface area contributed by atoms with Crippen LogP contribution in [-0.4, -0.2) is 22.5 Å². The summed E-state index contributed by atoms with van der Waals surface area (Å²) < 4.78 is 0. The molecular formula is C17H17NO2. The summed E-state index contributed by atoms with van der Waals surface area (Å²) in [7, 11) is 0. The van der Waals surface area contributed by atoms with Crippen LogP contribution >= 0.6 is 0 Å². The molecule has 1 fully saturated rings. The molecule has 1 aliphatic heterocycles. The topological polar surface area (TPSA) is 40.5 Å². The minimum Gasteiger partial charge on any atom is -0.508 e. The maximum atomic E-state index is 12.6. The number of aromatic hydroxyl groups is 1. The zero-order chi connectivity index (χ0) is 13.9. The lowest BCUT2D eigenvalue weighted by Crippen LogP contribution is -2.30. The second kappa shape index (κ2) is 5.37. The van der Waals surface area contributed by atoms with Crippen molar-refractivity contribution in [1.82, 2.24) is 4.90 Å². The molecule has 0 aromatic heterocycles. The van der Waals surface area contributed by atoms with Gasteiger partial charge in [-0.2, -0.15) is 0 Å². The van der Waals surface area contributed by atoms with Crippen molar-refractivity contribution < 1.29 is 9.90 Å². The highest BCUT2D eigenvalue weighted by Gasteiger charge is 2.30. The third-order valence-corrected chi connectivity index (χ3v) is 3.79. The molecule has 3 heteroatoms. The van der Waals surface area contributed by atoms with E-state index in [1.165, 1.54) is 0 Å². The number of nitrogens with zero attached hydrogens (tertiary/aromatic N) is 1. The van der Waals surface area contributed by atoms with Gasteiger partial charge in [0.2, 0.25) is 0 Å². The standard InChI is InChI=1S/C17H17NO2/c19-15-9-4-8-14(12-15)16-10-5-11-18(16)17(20)13-6-2-1-3-7-13/h1-4,6-9,12,16,19H,5,10-11H2. The first-order valence-corrected chi connectivity index (χ1v) is 6.90. The van der Waals surface area contributed by atoms with E-state index in [1.54, 1.807) is 12.1 Å². The summed E-state index contributed by atoms with van der Waals surface area (Å²) in [6.45, 7) is 0.772. The largest absolute Gasteiger partial charge is 0.508 e. The number of carbonyl (C=O) groups excluding carboxylic acids is 1.